The molecule has 0 radical (unpaired) electrons. The summed E-state index contributed by atoms with van der Waals surface area (Å²) in [6.45, 7) is 4.60. The fourth-order valence-corrected chi connectivity index (χ4v) is 15.3. The second-order valence-electron chi connectivity index (χ2n) is 29.7. The third-order valence-corrected chi connectivity index (χ3v) is 22.2. The zero-order valence-corrected chi connectivity index (χ0v) is 67.3. The van der Waals surface area contributed by atoms with E-state index in [1.807, 2.05) is 12.1 Å². The predicted molar refractivity (Wildman–Crippen MR) is 417 cm³/mol. The molecule has 0 aliphatic rings. The Morgan fingerprint density at radius 1 is 0.211 bits per heavy atom. The minimum absolute atomic E-state index is 0. The molecule has 0 aromatic heterocycles. The van der Waals surface area contributed by atoms with Crippen molar-refractivity contribution in [3.05, 3.63) is 59.7 Å². The van der Waals surface area contributed by atoms with Gasteiger partial charge in [-0.1, -0.05) is 475 Å². The van der Waals surface area contributed by atoms with E-state index in [1.54, 1.807) is 12.1 Å². The molecule has 0 aliphatic carbocycles. The number of unbranched alkanes of at least 4 members (excludes halogenated alkanes) is 68. The molecule has 2 aromatic rings. The van der Waals surface area contributed by atoms with E-state index in [0.717, 1.165) is 36.8 Å². The van der Waals surface area contributed by atoms with Gasteiger partial charge < -0.3 is 9.11 Å². The summed E-state index contributed by atoms with van der Waals surface area (Å²) < 4.78 is 66.9. The molecule has 552 valence electrons. The van der Waals surface area contributed by atoms with Crippen molar-refractivity contribution in [2.75, 3.05) is 0 Å². The van der Waals surface area contributed by atoms with Crippen LogP contribution < -0.4 is 0 Å². The Kier molecular flexibility index (Phi) is 74.3. The van der Waals surface area contributed by atoms with Crippen molar-refractivity contribution >= 4 is 58.0 Å². The van der Waals surface area contributed by atoms with E-state index in [9.17, 15) is 25.9 Å². The van der Waals surface area contributed by atoms with Crippen LogP contribution in [0.2, 0.25) is 0 Å². The second-order valence-corrected chi connectivity index (χ2v) is 32.5. The van der Waals surface area contributed by atoms with Gasteiger partial charge in [-0.25, -0.2) is 16.8 Å². The summed E-state index contributed by atoms with van der Waals surface area (Å²) in [5.41, 5.74) is 1.90. The van der Waals surface area contributed by atoms with Gasteiger partial charge in [0.05, 0.1) is 9.79 Å². The molecule has 2 rings (SSSR count). The second kappa shape index (κ2) is 74.7. The summed E-state index contributed by atoms with van der Waals surface area (Å²) in [5.74, 6) is 0. The molecule has 0 amide bonds. The topological polar surface area (TPSA) is 114 Å². The number of hydrogen-bond acceptors (Lipinski definition) is 6. The molecular formula is C86H158CaO6S2. The van der Waals surface area contributed by atoms with Crippen LogP contribution in [0.15, 0.2) is 58.3 Å². The number of benzene rings is 2. The van der Waals surface area contributed by atoms with Crippen LogP contribution in [0, 0.1) is 0 Å². The van der Waals surface area contributed by atoms with Gasteiger partial charge in [-0.15, -0.1) is 0 Å². The van der Waals surface area contributed by atoms with Gasteiger partial charge in [-0.2, -0.15) is 0 Å². The molecule has 95 heavy (non-hydrogen) atoms. The Bertz CT molecular complexity index is 1920. The van der Waals surface area contributed by atoms with Crippen molar-refractivity contribution in [2.45, 2.75) is 486 Å². The summed E-state index contributed by atoms with van der Waals surface area (Å²) in [5, 5.41) is 0. The van der Waals surface area contributed by atoms with E-state index in [1.165, 1.54) is 461 Å². The molecule has 2 aromatic carbocycles. The van der Waals surface area contributed by atoms with Crippen molar-refractivity contribution in [2.24, 2.45) is 0 Å². The summed E-state index contributed by atoms with van der Waals surface area (Å²) in [6, 6.07) is 13.0. The third-order valence-electron chi connectivity index (χ3n) is 20.5. The van der Waals surface area contributed by atoms with Crippen molar-refractivity contribution < 1.29 is 25.9 Å². The van der Waals surface area contributed by atoms with Crippen LogP contribution in [0.3, 0.4) is 0 Å². The molecular weight excluding hydrogens is 1230 g/mol. The van der Waals surface area contributed by atoms with Gasteiger partial charge in [-0.05, 0) is 61.1 Å². The first kappa shape index (κ1) is 94.5. The summed E-state index contributed by atoms with van der Waals surface area (Å²) >= 11 is 0. The summed E-state index contributed by atoms with van der Waals surface area (Å²) in [7, 11) is -8.69. The van der Waals surface area contributed by atoms with E-state index in [4.69, 9.17) is 0 Å². The zero-order chi connectivity index (χ0) is 67.9. The van der Waals surface area contributed by atoms with Crippen molar-refractivity contribution in [3.8, 4) is 0 Å². The SMILES string of the molecule is CCCCCCCCCCCCCCCCCCCCCCCCCCCCCCCCCCCCCc1cccc(S(=O)(=O)[O-])c1.CCCCCCCCCCCCCCCCCCCCCCCCCCCCCCCCCCCCCc1cccc(S(=O)(=O)[O-])c1.[Ca+2]. The van der Waals surface area contributed by atoms with Gasteiger partial charge in [0.2, 0.25) is 0 Å². The molecule has 6 nitrogen and oxygen atoms in total. The minimum atomic E-state index is -4.35. The maximum absolute atomic E-state index is 11.2. The predicted octanol–water partition coefficient (Wildman–Crippen LogP) is 29.2. The molecule has 0 atom stereocenters. The van der Waals surface area contributed by atoms with Gasteiger partial charge in [0.1, 0.15) is 20.2 Å². The molecule has 0 unspecified atom stereocenters. The van der Waals surface area contributed by atoms with Gasteiger partial charge in [0, 0.05) is 0 Å². The Balaban J connectivity index is 0.00000184. The van der Waals surface area contributed by atoms with Crippen molar-refractivity contribution in [1.82, 2.24) is 0 Å². The van der Waals surface area contributed by atoms with Gasteiger partial charge >= 0.3 is 37.7 Å². The molecule has 0 N–H and O–H groups in total. The van der Waals surface area contributed by atoms with Crippen LogP contribution in [0.25, 0.3) is 0 Å². The first-order valence-corrected chi connectivity index (χ1v) is 45.0. The van der Waals surface area contributed by atoms with Crippen LogP contribution in [0.5, 0.6) is 0 Å². The van der Waals surface area contributed by atoms with Crippen molar-refractivity contribution in [3.63, 3.8) is 0 Å². The Labute approximate surface area is 624 Å². The zero-order valence-electron chi connectivity index (χ0n) is 63.5. The van der Waals surface area contributed by atoms with Crippen LogP contribution in [0.4, 0.5) is 0 Å². The summed E-state index contributed by atoms with van der Waals surface area (Å²) in [4.78, 5) is -0.211. The Hall–Kier alpha value is -0.480. The number of rotatable bonds is 74. The number of hydrogen-bond donors (Lipinski definition) is 0. The molecule has 0 saturated heterocycles. The number of aryl methyl sites for hydroxylation is 2. The molecule has 0 saturated carbocycles. The minimum Gasteiger partial charge on any atom is -0.744 e. The molecule has 0 heterocycles. The maximum Gasteiger partial charge on any atom is 2.00 e. The summed E-state index contributed by atoms with van der Waals surface area (Å²) in [6.07, 6.45) is 101. The first-order valence-electron chi connectivity index (χ1n) is 42.2. The van der Waals surface area contributed by atoms with Crippen molar-refractivity contribution in [1.29, 1.82) is 0 Å². The maximum atomic E-state index is 11.2. The van der Waals surface area contributed by atoms with Gasteiger partial charge in [0.15, 0.2) is 0 Å². The van der Waals surface area contributed by atoms with Gasteiger partial charge in [-0.3, -0.25) is 0 Å². The fourth-order valence-electron chi connectivity index (χ4n) is 14.2. The molecule has 0 fully saturated rings. The third kappa shape index (κ3) is 70.4. The van der Waals surface area contributed by atoms with E-state index in [0.29, 0.717) is 0 Å². The Morgan fingerprint density at radius 2 is 0.337 bits per heavy atom. The van der Waals surface area contributed by atoms with Crippen LogP contribution in [-0.4, -0.2) is 63.7 Å². The molecule has 9 heteroatoms. The molecule has 0 aliphatic heterocycles. The van der Waals surface area contributed by atoms with E-state index >= 15 is 0 Å². The van der Waals surface area contributed by atoms with Crippen LogP contribution >= 0.6 is 0 Å². The normalized spacial score (nSPS) is 11.7. The van der Waals surface area contributed by atoms with E-state index in [-0.39, 0.29) is 47.5 Å². The Morgan fingerprint density at radius 3 is 0.463 bits per heavy atom. The molecule has 0 spiro atoms. The average molecular weight is 1390 g/mol. The van der Waals surface area contributed by atoms with Gasteiger partial charge in [0.25, 0.3) is 0 Å². The smallest absolute Gasteiger partial charge is 0.744 e. The largest absolute Gasteiger partial charge is 2.00 e. The van der Waals surface area contributed by atoms with Crippen LogP contribution in [0.1, 0.15) is 474 Å². The standard InChI is InChI=1S/2C43H80O3S.Ca/c2*1-2-3-4-5-6-7-8-9-10-11-12-13-14-15-16-17-18-19-20-21-22-23-24-25-26-27-28-29-30-31-32-33-34-35-36-38-42-39-37-40-43(41-42)47(44,45)46;/h2*37,39-41H,2-36,38H2,1H3,(H,44,45,46);/q;;+2/p-2. The van der Waals surface area contributed by atoms with E-state index < -0.39 is 20.2 Å². The van der Waals surface area contributed by atoms with Crippen LogP contribution in [-0.2, 0) is 33.1 Å². The van der Waals surface area contributed by atoms with E-state index in [2.05, 4.69) is 13.8 Å². The average Bonchev–Trinajstić information content (AvgIpc) is 0.972. The fraction of sp³-hybridized carbons (Fsp3) is 0.860. The quantitative estimate of drug-likeness (QED) is 0.0370. The monoisotopic (exact) mass is 1390 g/mol. The molecule has 0 bridgehead atoms. The first-order chi connectivity index (χ1) is 46.1.